The lowest BCUT2D eigenvalue weighted by atomic mass is 9.94. The average molecular weight is 489 g/mol. The van der Waals surface area contributed by atoms with Gasteiger partial charge in [-0.3, -0.25) is 4.79 Å². The lowest BCUT2D eigenvalue weighted by Crippen LogP contribution is -2.40. The first-order valence-corrected chi connectivity index (χ1v) is 12.9. The molecule has 5 rings (SSSR count). The van der Waals surface area contributed by atoms with Gasteiger partial charge in [0.2, 0.25) is 10.0 Å². The highest BCUT2D eigenvalue weighted by atomic mass is 32.2. The first-order valence-electron chi connectivity index (χ1n) is 11.5. The van der Waals surface area contributed by atoms with Crippen molar-refractivity contribution in [1.29, 1.82) is 0 Å². The number of nitrogens with one attached hydrogen (secondary N) is 1. The SMILES string of the molecule is COc1ccc(S(=O)(=O)N2CCOCC2)cc1C(=O)Nc1ccc2c(c1)OC1(CCCCC1)O2. The van der Waals surface area contributed by atoms with E-state index in [9.17, 15) is 13.2 Å². The fourth-order valence-corrected chi connectivity index (χ4v) is 6.06. The van der Waals surface area contributed by atoms with Gasteiger partial charge >= 0.3 is 0 Å². The second-order valence-electron chi connectivity index (χ2n) is 8.67. The molecule has 182 valence electrons. The van der Waals surface area contributed by atoms with E-state index in [4.69, 9.17) is 18.9 Å². The van der Waals surface area contributed by atoms with Crippen molar-refractivity contribution in [3.63, 3.8) is 0 Å². The molecule has 2 aromatic rings. The minimum absolute atomic E-state index is 0.0327. The molecule has 2 aromatic carbocycles. The minimum atomic E-state index is -3.76. The molecule has 2 fully saturated rings. The first kappa shape index (κ1) is 22.9. The van der Waals surface area contributed by atoms with E-state index < -0.39 is 21.7 Å². The number of benzene rings is 2. The van der Waals surface area contributed by atoms with E-state index in [-0.39, 0.29) is 29.3 Å². The van der Waals surface area contributed by atoms with Crippen molar-refractivity contribution >= 4 is 21.6 Å². The van der Waals surface area contributed by atoms with E-state index in [0.29, 0.717) is 30.4 Å². The third-order valence-electron chi connectivity index (χ3n) is 6.43. The molecule has 0 unspecified atom stereocenters. The average Bonchev–Trinajstić information content (AvgIpc) is 3.20. The summed E-state index contributed by atoms with van der Waals surface area (Å²) in [5, 5.41) is 2.83. The third-order valence-corrected chi connectivity index (χ3v) is 8.33. The number of amides is 1. The van der Waals surface area contributed by atoms with Crippen LogP contribution in [0, 0.1) is 0 Å². The standard InChI is InChI=1S/C24H28N2O7S/c1-30-20-8-6-18(34(28,29)26-11-13-31-14-12-26)16-19(20)23(27)25-17-5-7-21-22(15-17)33-24(32-21)9-3-2-4-10-24/h5-8,15-16H,2-4,9-14H2,1H3,(H,25,27). The monoisotopic (exact) mass is 488 g/mol. The number of hydrogen-bond acceptors (Lipinski definition) is 7. The van der Waals surface area contributed by atoms with Crippen molar-refractivity contribution in [1.82, 2.24) is 4.31 Å². The van der Waals surface area contributed by atoms with E-state index in [1.165, 1.54) is 36.0 Å². The van der Waals surface area contributed by atoms with Gasteiger partial charge in [-0.1, -0.05) is 6.42 Å². The zero-order valence-corrected chi connectivity index (χ0v) is 19.9. The summed E-state index contributed by atoms with van der Waals surface area (Å²) < 4.78 is 50.3. The molecule has 1 saturated carbocycles. The highest BCUT2D eigenvalue weighted by Crippen LogP contribution is 2.46. The van der Waals surface area contributed by atoms with Crippen molar-refractivity contribution in [2.24, 2.45) is 0 Å². The summed E-state index contributed by atoms with van der Waals surface area (Å²) >= 11 is 0. The zero-order valence-electron chi connectivity index (χ0n) is 19.0. The summed E-state index contributed by atoms with van der Waals surface area (Å²) in [5.41, 5.74) is 0.641. The highest BCUT2D eigenvalue weighted by molar-refractivity contribution is 7.89. The van der Waals surface area contributed by atoms with Crippen LogP contribution in [-0.2, 0) is 14.8 Å². The van der Waals surface area contributed by atoms with Gasteiger partial charge in [0.1, 0.15) is 5.75 Å². The van der Waals surface area contributed by atoms with Crippen LogP contribution in [-0.4, -0.2) is 57.8 Å². The number of sulfonamides is 1. The van der Waals surface area contributed by atoms with Crippen LogP contribution in [0.1, 0.15) is 42.5 Å². The van der Waals surface area contributed by atoms with Gasteiger partial charge in [-0.2, -0.15) is 4.31 Å². The molecule has 1 spiro atoms. The molecule has 9 nitrogen and oxygen atoms in total. The van der Waals surface area contributed by atoms with Gasteiger partial charge in [-0.15, -0.1) is 0 Å². The van der Waals surface area contributed by atoms with Crippen molar-refractivity contribution < 1.29 is 32.2 Å². The molecule has 2 heterocycles. The van der Waals surface area contributed by atoms with E-state index in [0.717, 1.165) is 25.7 Å². The summed E-state index contributed by atoms with van der Waals surface area (Å²) in [5.74, 6) is 0.447. The predicted octanol–water partition coefficient (Wildman–Crippen LogP) is 3.40. The molecule has 10 heteroatoms. The van der Waals surface area contributed by atoms with Crippen LogP contribution < -0.4 is 19.5 Å². The van der Waals surface area contributed by atoms with E-state index >= 15 is 0 Å². The molecule has 1 aliphatic carbocycles. The van der Waals surface area contributed by atoms with Gasteiger partial charge in [-0.05, 0) is 43.2 Å². The molecular weight excluding hydrogens is 460 g/mol. The van der Waals surface area contributed by atoms with Crippen LogP contribution in [0.15, 0.2) is 41.3 Å². The summed E-state index contributed by atoms with van der Waals surface area (Å²) in [6, 6.07) is 9.55. The number of ether oxygens (including phenoxy) is 4. The molecule has 0 bridgehead atoms. The Labute approximate surface area is 199 Å². The topological polar surface area (TPSA) is 103 Å². The third kappa shape index (κ3) is 4.33. The predicted molar refractivity (Wildman–Crippen MR) is 124 cm³/mol. The first-order chi connectivity index (χ1) is 16.4. The molecule has 34 heavy (non-hydrogen) atoms. The van der Waals surface area contributed by atoms with Gasteiger partial charge in [0.25, 0.3) is 11.7 Å². The highest BCUT2D eigenvalue weighted by Gasteiger charge is 2.42. The maximum atomic E-state index is 13.2. The summed E-state index contributed by atoms with van der Waals surface area (Å²) in [6.45, 7) is 1.23. The lowest BCUT2D eigenvalue weighted by Gasteiger charge is -2.31. The van der Waals surface area contributed by atoms with Crippen molar-refractivity contribution in [3.8, 4) is 17.2 Å². The molecule has 1 saturated heterocycles. The Balaban J connectivity index is 1.37. The lowest BCUT2D eigenvalue weighted by molar-refractivity contribution is -0.105. The van der Waals surface area contributed by atoms with Gasteiger partial charge in [0, 0.05) is 37.7 Å². The Morgan fingerprint density at radius 2 is 1.74 bits per heavy atom. The summed E-state index contributed by atoms with van der Waals surface area (Å²) in [6.07, 6.45) is 4.96. The van der Waals surface area contributed by atoms with Gasteiger partial charge < -0.3 is 24.3 Å². The number of carbonyl (C=O) groups excluding carboxylic acids is 1. The van der Waals surface area contributed by atoms with Crippen molar-refractivity contribution in [3.05, 3.63) is 42.0 Å². The van der Waals surface area contributed by atoms with Gasteiger partial charge in [-0.25, -0.2) is 8.42 Å². The van der Waals surface area contributed by atoms with E-state index in [2.05, 4.69) is 5.32 Å². The number of rotatable bonds is 5. The maximum absolute atomic E-state index is 13.2. The number of anilines is 1. The molecule has 0 aromatic heterocycles. The minimum Gasteiger partial charge on any atom is -0.496 e. The largest absolute Gasteiger partial charge is 0.496 e. The molecule has 2 aliphatic heterocycles. The molecule has 0 radical (unpaired) electrons. The Morgan fingerprint density at radius 1 is 1.00 bits per heavy atom. The number of fused-ring (bicyclic) bond motifs is 1. The van der Waals surface area contributed by atoms with Crippen LogP contribution in [0.4, 0.5) is 5.69 Å². The zero-order chi connectivity index (χ0) is 23.8. The number of carbonyl (C=O) groups is 1. The Hall–Kier alpha value is -2.82. The summed E-state index contributed by atoms with van der Waals surface area (Å²) in [7, 11) is -2.32. The second kappa shape index (κ2) is 9.09. The van der Waals surface area contributed by atoms with Crippen LogP contribution in [0.2, 0.25) is 0 Å². The number of nitrogens with zero attached hydrogens (tertiary/aromatic N) is 1. The molecule has 1 N–H and O–H groups in total. The van der Waals surface area contributed by atoms with Gasteiger partial charge in [0.05, 0.1) is 30.8 Å². The molecule has 3 aliphatic rings. The van der Waals surface area contributed by atoms with Crippen LogP contribution in [0.5, 0.6) is 17.2 Å². The number of hydrogen-bond donors (Lipinski definition) is 1. The van der Waals surface area contributed by atoms with Crippen LogP contribution >= 0.6 is 0 Å². The van der Waals surface area contributed by atoms with E-state index in [1.807, 2.05) is 0 Å². The fraction of sp³-hybridized carbons (Fsp3) is 0.458. The number of methoxy groups -OCH3 is 1. The van der Waals surface area contributed by atoms with Crippen LogP contribution in [0.25, 0.3) is 0 Å². The van der Waals surface area contributed by atoms with Crippen molar-refractivity contribution in [2.75, 3.05) is 38.7 Å². The Kier molecular flexibility index (Phi) is 6.13. The smallest absolute Gasteiger partial charge is 0.259 e. The molecule has 1 amide bonds. The molecular formula is C24H28N2O7S. The normalized spacial score (nSPS) is 19.7. The quantitative estimate of drug-likeness (QED) is 0.688. The summed E-state index contributed by atoms with van der Waals surface area (Å²) in [4.78, 5) is 13.2. The Bertz CT molecular complexity index is 1190. The van der Waals surface area contributed by atoms with Crippen LogP contribution in [0.3, 0.4) is 0 Å². The molecule has 0 atom stereocenters. The maximum Gasteiger partial charge on any atom is 0.259 e. The van der Waals surface area contributed by atoms with E-state index in [1.54, 1.807) is 18.2 Å². The Morgan fingerprint density at radius 3 is 2.47 bits per heavy atom. The fourth-order valence-electron chi connectivity index (χ4n) is 4.63. The van der Waals surface area contributed by atoms with Gasteiger partial charge in [0.15, 0.2) is 11.5 Å². The second-order valence-corrected chi connectivity index (χ2v) is 10.6. The van der Waals surface area contributed by atoms with Crippen molar-refractivity contribution in [2.45, 2.75) is 42.8 Å². The number of morpholine rings is 1.